The van der Waals surface area contributed by atoms with Crippen LogP contribution in [0.5, 0.6) is 0 Å². The molecule has 0 N–H and O–H groups in total. The van der Waals surface area contributed by atoms with Gasteiger partial charge in [-0.15, -0.1) is 10.2 Å². The van der Waals surface area contributed by atoms with Gasteiger partial charge >= 0.3 is 0 Å². The van der Waals surface area contributed by atoms with Gasteiger partial charge in [0.05, 0.1) is 0 Å². The molecule has 0 unspecified atom stereocenters. The Morgan fingerprint density at radius 2 is 1.45 bits per heavy atom. The number of aromatic nitrogens is 2. The van der Waals surface area contributed by atoms with Crippen LogP contribution in [0.4, 0.5) is 11.6 Å². The molecule has 1 amide bonds. The average molecular weight is 394 g/mol. The molecule has 1 aromatic carbocycles. The highest BCUT2D eigenvalue weighted by molar-refractivity contribution is 5.95. The number of carbonyl (C=O) groups is 1. The Balaban J connectivity index is 1.35. The molecule has 2 aromatic rings. The highest BCUT2D eigenvalue weighted by Gasteiger charge is 2.24. The summed E-state index contributed by atoms with van der Waals surface area (Å²) in [5.41, 5.74) is 3.04. The maximum absolute atomic E-state index is 12.9. The third kappa shape index (κ3) is 4.36. The fraction of sp³-hybridized carbons (Fsp3) is 0.522. The number of carbonyl (C=O) groups excluding carboxylic acids is 1. The van der Waals surface area contributed by atoms with Gasteiger partial charge in [0, 0.05) is 44.8 Å². The summed E-state index contributed by atoms with van der Waals surface area (Å²) in [4.78, 5) is 19.4. The lowest BCUT2D eigenvalue weighted by atomic mass is 9.99. The molecule has 2 aliphatic rings. The minimum absolute atomic E-state index is 0.128. The maximum atomic E-state index is 12.9. The Bertz CT molecular complexity index is 850. The van der Waals surface area contributed by atoms with Gasteiger partial charge in [-0.1, -0.05) is 24.6 Å². The van der Waals surface area contributed by atoms with E-state index in [1.165, 1.54) is 18.4 Å². The number of piperidine rings is 1. The van der Waals surface area contributed by atoms with E-state index in [1.807, 2.05) is 24.0 Å². The van der Waals surface area contributed by atoms with Crippen LogP contribution in [0.3, 0.4) is 0 Å². The van der Waals surface area contributed by atoms with Crippen LogP contribution in [0, 0.1) is 19.8 Å². The lowest BCUT2D eigenvalue weighted by Gasteiger charge is -2.35. The second-order valence-corrected chi connectivity index (χ2v) is 8.52. The Morgan fingerprint density at radius 1 is 0.862 bits per heavy atom. The predicted octanol–water partition coefficient (Wildman–Crippen LogP) is 3.29. The molecule has 0 aliphatic carbocycles. The van der Waals surface area contributed by atoms with Crippen molar-refractivity contribution in [3.05, 3.63) is 47.0 Å². The largest absolute Gasteiger partial charge is 0.355 e. The van der Waals surface area contributed by atoms with E-state index >= 15 is 0 Å². The van der Waals surface area contributed by atoms with Crippen molar-refractivity contribution in [2.24, 2.45) is 5.92 Å². The molecule has 2 aliphatic heterocycles. The normalized spacial score (nSPS) is 18.2. The number of anilines is 2. The molecule has 0 spiro atoms. The first-order valence-corrected chi connectivity index (χ1v) is 10.7. The second kappa shape index (κ2) is 8.39. The molecule has 2 saturated heterocycles. The molecular weight excluding hydrogens is 362 g/mol. The third-order valence-electron chi connectivity index (χ3n) is 6.25. The number of benzene rings is 1. The van der Waals surface area contributed by atoms with Crippen molar-refractivity contribution in [2.45, 2.75) is 33.6 Å². The molecule has 0 bridgehead atoms. The number of rotatable bonds is 3. The van der Waals surface area contributed by atoms with E-state index in [4.69, 9.17) is 0 Å². The van der Waals surface area contributed by atoms with E-state index in [2.05, 4.69) is 52.0 Å². The van der Waals surface area contributed by atoms with Gasteiger partial charge in [-0.2, -0.15) is 0 Å². The molecule has 0 atom stereocenters. The van der Waals surface area contributed by atoms with Crippen molar-refractivity contribution in [1.82, 2.24) is 15.1 Å². The maximum Gasteiger partial charge on any atom is 0.254 e. The van der Waals surface area contributed by atoms with Crippen LogP contribution in [0.25, 0.3) is 0 Å². The molecule has 3 heterocycles. The van der Waals surface area contributed by atoms with Crippen LogP contribution >= 0.6 is 0 Å². The lowest BCUT2D eigenvalue weighted by Crippen LogP contribution is -2.49. The van der Waals surface area contributed by atoms with Gasteiger partial charge in [-0.3, -0.25) is 4.79 Å². The summed E-state index contributed by atoms with van der Waals surface area (Å²) in [6.07, 6.45) is 2.44. The summed E-state index contributed by atoms with van der Waals surface area (Å²) in [6.45, 7) is 11.5. The first-order valence-electron chi connectivity index (χ1n) is 10.7. The van der Waals surface area contributed by atoms with Crippen molar-refractivity contribution in [3.63, 3.8) is 0 Å². The van der Waals surface area contributed by atoms with Gasteiger partial charge in [0.15, 0.2) is 11.6 Å². The number of hydrogen-bond donors (Lipinski definition) is 0. The molecule has 4 rings (SSSR count). The quantitative estimate of drug-likeness (QED) is 0.801. The number of aryl methyl sites for hydroxylation is 2. The van der Waals surface area contributed by atoms with E-state index in [1.54, 1.807) is 0 Å². The highest BCUT2D eigenvalue weighted by atomic mass is 16.2. The summed E-state index contributed by atoms with van der Waals surface area (Å²) in [5.74, 6) is 2.81. The third-order valence-corrected chi connectivity index (χ3v) is 6.25. The zero-order valence-electron chi connectivity index (χ0n) is 17.8. The Labute approximate surface area is 173 Å². The molecule has 29 heavy (non-hydrogen) atoms. The SMILES string of the molecule is Cc1ccc(C(=O)N2CCN(c3ccc(N4CCC(C)CC4)nn3)CC2)c(C)c1. The molecule has 1 aromatic heterocycles. The number of piperazine rings is 1. The molecule has 2 fully saturated rings. The first kappa shape index (κ1) is 19.7. The van der Waals surface area contributed by atoms with E-state index in [0.29, 0.717) is 13.1 Å². The molecule has 6 nitrogen and oxygen atoms in total. The van der Waals surface area contributed by atoms with Gasteiger partial charge < -0.3 is 14.7 Å². The predicted molar refractivity (Wildman–Crippen MR) is 117 cm³/mol. The lowest BCUT2D eigenvalue weighted by molar-refractivity contribution is 0.0745. The standard InChI is InChI=1S/C23H31N5O/c1-17-8-10-26(11-9-17)21-6-7-22(25-24-21)27-12-14-28(15-13-27)23(29)20-5-4-18(2)16-19(20)3/h4-7,16-17H,8-15H2,1-3H3. The van der Waals surface area contributed by atoms with E-state index in [-0.39, 0.29) is 5.91 Å². The van der Waals surface area contributed by atoms with Gasteiger partial charge in [0.2, 0.25) is 0 Å². The van der Waals surface area contributed by atoms with Crippen molar-refractivity contribution >= 4 is 17.5 Å². The van der Waals surface area contributed by atoms with Gasteiger partial charge in [0.1, 0.15) is 0 Å². The number of hydrogen-bond acceptors (Lipinski definition) is 5. The molecule has 154 valence electrons. The summed E-state index contributed by atoms with van der Waals surface area (Å²) in [6, 6.07) is 10.2. The van der Waals surface area contributed by atoms with Gasteiger partial charge in [-0.25, -0.2) is 0 Å². The van der Waals surface area contributed by atoms with Gasteiger partial charge in [-0.05, 0) is 56.4 Å². The zero-order chi connectivity index (χ0) is 20.4. The van der Waals surface area contributed by atoms with Crippen molar-refractivity contribution in [2.75, 3.05) is 49.1 Å². The van der Waals surface area contributed by atoms with Crippen LogP contribution in [0.1, 0.15) is 41.3 Å². The van der Waals surface area contributed by atoms with Gasteiger partial charge in [0.25, 0.3) is 5.91 Å². The van der Waals surface area contributed by atoms with Crippen LogP contribution in [0.15, 0.2) is 30.3 Å². The summed E-state index contributed by atoms with van der Waals surface area (Å²) >= 11 is 0. The fourth-order valence-corrected chi connectivity index (χ4v) is 4.26. The molecule has 6 heteroatoms. The fourth-order valence-electron chi connectivity index (χ4n) is 4.26. The Kier molecular flexibility index (Phi) is 5.69. The summed E-state index contributed by atoms with van der Waals surface area (Å²) < 4.78 is 0. The topological polar surface area (TPSA) is 52.6 Å². The Morgan fingerprint density at radius 3 is 2.00 bits per heavy atom. The van der Waals surface area contributed by atoms with Crippen LogP contribution in [-0.2, 0) is 0 Å². The average Bonchev–Trinajstić information content (AvgIpc) is 2.74. The zero-order valence-corrected chi connectivity index (χ0v) is 17.8. The first-order chi connectivity index (χ1) is 14.0. The van der Waals surface area contributed by atoms with Crippen molar-refractivity contribution in [3.8, 4) is 0 Å². The van der Waals surface area contributed by atoms with Crippen LogP contribution < -0.4 is 9.80 Å². The second-order valence-electron chi connectivity index (χ2n) is 8.52. The smallest absolute Gasteiger partial charge is 0.254 e. The highest BCUT2D eigenvalue weighted by Crippen LogP contribution is 2.23. The Hall–Kier alpha value is -2.63. The van der Waals surface area contributed by atoms with E-state index < -0.39 is 0 Å². The van der Waals surface area contributed by atoms with Crippen LogP contribution in [0.2, 0.25) is 0 Å². The summed E-state index contributed by atoms with van der Waals surface area (Å²) in [7, 11) is 0. The molecular formula is C23H31N5O. The minimum Gasteiger partial charge on any atom is -0.355 e. The van der Waals surface area contributed by atoms with E-state index in [9.17, 15) is 4.79 Å². The van der Waals surface area contributed by atoms with E-state index in [0.717, 1.165) is 54.9 Å². The van der Waals surface area contributed by atoms with Crippen molar-refractivity contribution < 1.29 is 4.79 Å². The number of amides is 1. The number of nitrogens with zero attached hydrogens (tertiary/aromatic N) is 5. The molecule has 0 radical (unpaired) electrons. The minimum atomic E-state index is 0.128. The monoisotopic (exact) mass is 393 g/mol. The van der Waals surface area contributed by atoms with Crippen molar-refractivity contribution in [1.29, 1.82) is 0 Å². The molecule has 0 saturated carbocycles. The summed E-state index contributed by atoms with van der Waals surface area (Å²) in [5, 5.41) is 8.96. The van der Waals surface area contributed by atoms with Crippen LogP contribution in [-0.4, -0.2) is 60.3 Å².